The van der Waals surface area contributed by atoms with Crippen LogP contribution in [-0.2, 0) is 0 Å². The summed E-state index contributed by atoms with van der Waals surface area (Å²) in [5.41, 5.74) is 0. The molecule has 8 heteroatoms. The van der Waals surface area contributed by atoms with Gasteiger partial charge in [0.05, 0.1) is 0 Å². The molecule has 0 radical (unpaired) electrons. The smallest absolute Gasteiger partial charge is 0.244 e. The van der Waals surface area contributed by atoms with Gasteiger partial charge in [0.25, 0.3) is 0 Å². The minimum Gasteiger partial charge on any atom is -0.337 e. The molecule has 0 bridgehead atoms. The van der Waals surface area contributed by atoms with Gasteiger partial charge < -0.3 is 10.2 Å². The number of aromatic nitrogens is 6. The van der Waals surface area contributed by atoms with Crippen molar-refractivity contribution in [3.63, 3.8) is 0 Å². The fourth-order valence-corrected chi connectivity index (χ4v) is 2.00. The Kier molecular flexibility index (Phi) is 2.93. The quantitative estimate of drug-likeness (QED) is 0.755. The number of anilines is 1. The number of hydrogen-bond acceptors (Lipinski definition) is 6. The van der Waals surface area contributed by atoms with Gasteiger partial charge in [0.2, 0.25) is 5.95 Å². The third kappa shape index (κ3) is 2.06. The molecule has 18 heavy (non-hydrogen) atoms. The summed E-state index contributed by atoms with van der Waals surface area (Å²) in [5.74, 6) is 1.56. The Bertz CT molecular complexity index is 484. The molecule has 0 aliphatic carbocycles. The standard InChI is InChI=1S/C10H16N8/c1-8(18-7-12-6-13-18)9-14-10(16-15-9)17-4-2-11-3-5-17/h6-8,11H,2-5H2,1H3,(H,14,15,16). The first-order valence-corrected chi connectivity index (χ1v) is 6.06. The fraction of sp³-hybridized carbons (Fsp3) is 0.600. The lowest BCUT2D eigenvalue weighted by molar-refractivity contribution is 0.536. The lowest BCUT2D eigenvalue weighted by Crippen LogP contribution is -2.44. The Morgan fingerprint density at radius 2 is 2.17 bits per heavy atom. The van der Waals surface area contributed by atoms with E-state index < -0.39 is 0 Å². The second kappa shape index (κ2) is 4.73. The van der Waals surface area contributed by atoms with E-state index in [0.717, 1.165) is 38.0 Å². The molecule has 2 N–H and O–H groups in total. The van der Waals surface area contributed by atoms with Gasteiger partial charge in [-0.05, 0) is 6.92 Å². The number of H-pyrrole nitrogens is 1. The zero-order valence-corrected chi connectivity index (χ0v) is 10.2. The van der Waals surface area contributed by atoms with Crippen molar-refractivity contribution in [1.82, 2.24) is 35.3 Å². The number of nitrogens with one attached hydrogen (secondary N) is 2. The van der Waals surface area contributed by atoms with Gasteiger partial charge in [-0.3, -0.25) is 5.10 Å². The molecule has 1 aliphatic heterocycles. The minimum absolute atomic E-state index is 0.0108. The lowest BCUT2D eigenvalue weighted by atomic mass is 10.3. The summed E-state index contributed by atoms with van der Waals surface area (Å²) < 4.78 is 1.75. The van der Waals surface area contributed by atoms with Gasteiger partial charge in [-0.15, -0.1) is 5.10 Å². The van der Waals surface area contributed by atoms with E-state index >= 15 is 0 Å². The highest BCUT2D eigenvalue weighted by Crippen LogP contribution is 2.15. The molecule has 1 atom stereocenters. The first-order chi connectivity index (χ1) is 8.84. The predicted molar refractivity (Wildman–Crippen MR) is 65.3 cm³/mol. The summed E-state index contributed by atoms with van der Waals surface area (Å²) >= 11 is 0. The number of rotatable bonds is 3. The van der Waals surface area contributed by atoms with Crippen molar-refractivity contribution in [3.05, 3.63) is 18.5 Å². The SMILES string of the molecule is CC(c1nc(N2CCNCC2)n[nH]1)n1cncn1. The summed E-state index contributed by atoms with van der Waals surface area (Å²) in [5, 5.41) is 14.7. The zero-order valence-electron chi connectivity index (χ0n) is 10.2. The van der Waals surface area contributed by atoms with Crippen LogP contribution >= 0.6 is 0 Å². The van der Waals surface area contributed by atoms with E-state index in [1.807, 2.05) is 6.92 Å². The van der Waals surface area contributed by atoms with Crippen LogP contribution in [0.2, 0.25) is 0 Å². The minimum atomic E-state index is 0.0108. The topological polar surface area (TPSA) is 87.5 Å². The van der Waals surface area contributed by atoms with Crippen molar-refractivity contribution in [2.45, 2.75) is 13.0 Å². The van der Waals surface area contributed by atoms with Crippen molar-refractivity contribution in [3.8, 4) is 0 Å². The summed E-state index contributed by atoms with van der Waals surface area (Å²) in [6, 6.07) is 0.0108. The van der Waals surface area contributed by atoms with Crippen molar-refractivity contribution < 1.29 is 0 Å². The molecule has 0 spiro atoms. The second-order valence-electron chi connectivity index (χ2n) is 4.31. The van der Waals surface area contributed by atoms with Crippen molar-refractivity contribution in [2.24, 2.45) is 0 Å². The maximum Gasteiger partial charge on any atom is 0.244 e. The van der Waals surface area contributed by atoms with E-state index in [0.29, 0.717) is 0 Å². The number of hydrogen-bond donors (Lipinski definition) is 2. The van der Waals surface area contributed by atoms with Gasteiger partial charge in [-0.1, -0.05) is 0 Å². The molecular weight excluding hydrogens is 232 g/mol. The Hall–Kier alpha value is -1.96. The maximum absolute atomic E-state index is 4.53. The molecule has 8 nitrogen and oxygen atoms in total. The van der Waals surface area contributed by atoms with Gasteiger partial charge in [0.15, 0.2) is 5.82 Å². The molecule has 1 saturated heterocycles. The van der Waals surface area contributed by atoms with Crippen LogP contribution in [0.15, 0.2) is 12.7 Å². The van der Waals surface area contributed by atoms with Crippen molar-refractivity contribution in [2.75, 3.05) is 31.1 Å². The highest BCUT2D eigenvalue weighted by Gasteiger charge is 2.18. The Balaban J connectivity index is 1.76. The van der Waals surface area contributed by atoms with Gasteiger partial charge >= 0.3 is 0 Å². The molecule has 1 unspecified atom stereocenters. The van der Waals surface area contributed by atoms with Crippen LogP contribution < -0.4 is 10.2 Å². The molecule has 1 fully saturated rings. The number of piperazine rings is 1. The van der Waals surface area contributed by atoms with Crippen molar-refractivity contribution in [1.29, 1.82) is 0 Å². The molecule has 0 amide bonds. The van der Waals surface area contributed by atoms with Crippen LogP contribution in [0.4, 0.5) is 5.95 Å². The van der Waals surface area contributed by atoms with Gasteiger partial charge in [0.1, 0.15) is 18.7 Å². The third-order valence-corrected chi connectivity index (χ3v) is 3.12. The van der Waals surface area contributed by atoms with E-state index in [9.17, 15) is 0 Å². The van der Waals surface area contributed by atoms with E-state index in [-0.39, 0.29) is 6.04 Å². The molecule has 2 aromatic rings. The second-order valence-corrected chi connectivity index (χ2v) is 4.31. The van der Waals surface area contributed by atoms with E-state index in [1.54, 1.807) is 11.0 Å². The van der Waals surface area contributed by atoms with Crippen LogP contribution in [0, 0.1) is 0 Å². The Labute approximate surface area is 104 Å². The zero-order chi connectivity index (χ0) is 12.4. The molecule has 0 saturated carbocycles. The molecule has 0 aromatic carbocycles. The van der Waals surface area contributed by atoms with E-state index in [4.69, 9.17) is 0 Å². The molecule has 1 aliphatic rings. The molecule has 96 valence electrons. The van der Waals surface area contributed by atoms with Crippen LogP contribution in [-0.4, -0.2) is 56.1 Å². The van der Waals surface area contributed by atoms with Crippen LogP contribution in [0.5, 0.6) is 0 Å². The Morgan fingerprint density at radius 1 is 1.33 bits per heavy atom. The van der Waals surface area contributed by atoms with Crippen LogP contribution in [0.3, 0.4) is 0 Å². The summed E-state index contributed by atoms with van der Waals surface area (Å²) in [6.07, 6.45) is 3.20. The summed E-state index contributed by atoms with van der Waals surface area (Å²) in [6.45, 7) is 5.84. The Morgan fingerprint density at radius 3 is 2.89 bits per heavy atom. The van der Waals surface area contributed by atoms with Gasteiger partial charge in [-0.25, -0.2) is 9.67 Å². The lowest BCUT2D eigenvalue weighted by Gasteiger charge is -2.25. The van der Waals surface area contributed by atoms with Crippen molar-refractivity contribution >= 4 is 5.95 Å². The van der Waals surface area contributed by atoms with Crippen LogP contribution in [0.25, 0.3) is 0 Å². The number of nitrogens with zero attached hydrogens (tertiary/aromatic N) is 6. The maximum atomic E-state index is 4.53. The van der Waals surface area contributed by atoms with E-state index in [1.165, 1.54) is 6.33 Å². The average Bonchev–Trinajstić information content (AvgIpc) is 3.10. The predicted octanol–water partition coefficient (Wildman–Crippen LogP) is -0.585. The summed E-state index contributed by atoms with van der Waals surface area (Å²) in [7, 11) is 0. The monoisotopic (exact) mass is 248 g/mol. The first kappa shape index (κ1) is 11.1. The highest BCUT2D eigenvalue weighted by molar-refractivity contribution is 5.29. The number of aromatic amines is 1. The molecular formula is C10H16N8. The van der Waals surface area contributed by atoms with E-state index in [2.05, 4.69) is 35.5 Å². The molecule has 3 heterocycles. The highest BCUT2D eigenvalue weighted by atomic mass is 15.4. The normalized spacial score (nSPS) is 17.9. The van der Waals surface area contributed by atoms with Gasteiger partial charge in [0, 0.05) is 26.2 Å². The third-order valence-electron chi connectivity index (χ3n) is 3.12. The largest absolute Gasteiger partial charge is 0.337 e. The summed E-state index contributed by atoms with van der Waals surface area (Å²) in [4.78, 5) is 10.6. The van der Waals surface area contributed by atoms with Gasteiger partial charge in [-0.2, -0.15) is 10.1 Å². The molecule has 2 aromatic heterocycles. The fourth-order valence-electron chi connectivity index (χ4n) is 2.00. The average molecular weight is 248 g/mol. The van der Waals surface area contributed by atoms with Crippen LogP contribution in [0.1, 0.15) is 18.8 Å². The molecule has 3 rings (SSSR count). The first-order valence-electron chi connectivity index (χ1n) is 6.06.